The summed E-state index contributed by atoms with van der Waals surface area (Å²) >= 11 is 0. The molecule has 0 aliphatic rings. The van der Waals surface area contributed by atoms with E-state index in [2.05, 4.69) is 5.32 Å². The minimum Gasteiger partial charge on any atom is -0.484 e. The second-order valence-corrected chi connectivity index (χ2v) is 4.02. The molecular formula is C15H15NO2. The van der Waals surface area contributed by atoms with Crippen LogP contribution in [0.2, 0.25) is 0 Å². The molecule has 0 aliphatic carbocycles. The van der Waals surface area contributed by atoms with Crippen molar-refractivity contribution in [2.45, 2.75) is 6.92 Å². The van der Waals surface area contributed by atoms with Crippen molar-refractivity contribution >= 4 is 11.6 Å². The van der Waals surface area contributed by atoms with Gasteiger partial charge in [-0.05, 0) is 31.2 Å². The number of anilines is 1. The van der Waals surface area contributed by atoms with Gasteiger partial charge in [-0.15, -0.1) is 0 Å². The number of amides is 1. The molecule has 2 aromatic rings. The largest absolute Gasteiger partial charge is 0.484 e. The fourth-order valence-corrected chi connectivity index (χ4v) is 1.50. The molecule has 0 aliphatic heterocycles. The molecule has 0 spiro atoms. The second kappa shape index (κ2) is 5.87. The van der Waals surface area contributed by atoms with E-state index in [0.717, 1.165) is 11.3 Å². The molecule has 0 saturated heterocycles. The van der Waals surface area contributed by atoms with Crippen molar-refractivity contribution in [1.82, 2.24) is 0 Å². The normalized spacial score (nSPS) is 9.83. The molecule has 0 bridgehead atoms. The minimum atomic E-state index is -0.165. The molecule has 0 saturated carbocycles. The average Bonchev–Trinajstić information content (AvgIpc) is 2.39. The molecule has 18 heavy (non-hydrogen) atoms. The van der Waals surface area contributed by atoms with Gasteiger partial charge in [0.1, 0.15) is 5.75 Å². The Kier molecular flexibility index (Phi) is 3.97. The van der Waals surface area contributed by atoms with Crippen molar-refractivity contribution in [3.05, 3.63) is 60.2 Å². The van der Waals surface area contributed by atoms with E-state index in [-0.39, 0.29) is 12.5 Å². The van der Waals surface area contributed by atoms with Gasteiger partial charge in [-0.2, -0.15) is 0 Å². The summed E-state index contributed by atoms with van der Waals surface area (Å²) in [6, 6.07) is 16.9. The van der Waals surface area contributed by atoms with Crippen LogP contribution < -0.4 is 10.1 Å². The Morgan fingerprint density at radius 3 is 2.39 bits per heavy atom. The maximum absolute atomic E-state index is 11.6. The monoisotopic (exact) mass is 241 g/mol. The number of aryl methyl sites for hydroxylation is 1. The van der Waals surface area contributed by atoms with Crippen LogP contribution in [-0.4, -0.2) is 12.5 Å². The highest BCUT2D eigenvalue weighted by Gasteiger charge is 2.02. The van der Waals surface area contributed by atoms with Crippen molar-refractivity contribution in [3.63, 3.8) is 0 Å². The van der Waals surface area contributed by atoms with Gasteiger partial charge < -0.3 is 10.1 Å². The van der Waals surface area contributed by atoms with E-state index in [4.69, 9.17) is 4.74 Å². The summed E-state index contributed by atoms with van der Waals surface area (Å²) in [7, 11) is 0. The Balaban J connectivity index is 1.83. The van der Waals surface area contributed by atoms with Crippen LogP contribution in [0.4, 0.5) is 5.69 Å². The van der Waals surface area contributed by atoms with Crippen molar-refractivity contribution in [2.75, 3.05) is 11.9 Å². The lowest BCUT2D eigenvalue weighted by Crippen LogP contribution is -2.20. The van der Waals surface area contributed by atoms with Crippen LogP contribution in [0.15, 0.2) is 54.6 Å². The van der Waals surface area contributed by atoms with Gasteiger partial charge in [0.25, 0.3) is 5.91 Å². The molecule has 0 fully saturated rings. The summed E-state index contributed by atoms with van der Waals surface area (Å²) < 4.78 is 5.38. The standard InChI is InChI=1S/C15H15NO2/c1-12-7-9-14(10-8-12)18-11-15(17)16-13-5-3-2-4-6-13/h2-10H,11H2,1H3,(H,16,17). The first kappa shape index (κ1) is 12.2. The Morgan fingerprint density at radius 2 is 1.72 bits per heavy atom. The second-order valence-electron chi connectivity index (χ2n) is 4.02. The summed E-state index contributed by atoms with van der Waals surface area (Å²) in [5, 5.41) is 2.76. The zero-order valence-electron chi connectivity index (χ0n) is 10.2. The fourth-order valence-electron chi connectivity index (χ4n) is 1.50. The molecule has 0 atom stereocenters. The lowest BCUT2D eigenvalue weighted by molar-refractivity contribution is -0.118. The Labute approximate surface area is 106 Å². The zero-order valence-corrected chi connectivity index (χ0v) is 10.2. The third-order valence-electron chi connectivity index (χ3n) is 2.45. The number of para-hydroxylation sites is 1. The molecule has 2 rings (SSSR count). The number of rotatable bonds is 4. The molecule has 1 amide bonds. The van der Waals surface area contributed by atoms with Gasteiger partial charge in [-0.3, -0.25) is 4.79 Å². The summed E-state index contributed by atoms with van der Waals surface area (Å²) in [5.74, 6) is 0.533. The van der Waals surface area contributed by atoms with Crippen molar-refractivity contribution in [3.8, 4) is 5.75 Å². The van der Waals surface area contributed by atoms with E-state index < -0.39 is 0 Å². The highest BCUT2D eigenvalue weighted by atomic mass is 16.5. The SMILES string of the molecule is Cc1ccc(OCC(=O)Nc2ccccc2)cc1. The van der Waals surface area contributed by atoms with Crippen molar-refractivity contribution in [1.29, 1.82) is 0 Å². The van der Waals surface area contributed by atoms with E-state index >= 15 is 0 Å². The van der Waals surface area contributed by atoms with Crippen LogP contribution in [0.25, 0.3) is 0 Å². The lowest BCUT2D eigenvalue weighted by Gasteiger charge is -2.07. The van der Waals surface area contributed by atoms with Gasteiger partial charge in [0.05, 0.1) is 0 Å². The first-order valence-electron chi connectivity index (χ1n) is 5.78. The number of hydrogen-bond donors (Lipinski definition) is 1. The lowest BCUT2D eigenvalue weighted by atomic mass is 10.2. The maximum Gasteiger partial charge on any atom is 0.262 e. The number of benzene rings is 2. The van der Waals surface area contributed by atoms with Crippen LogP contribution in [0.3, 0.4) is 0 Å². The molecule has 92 valence electrons. The third-order valence-corrected chi connectivity index (χ3v) is 2.45. The number of hydrogen-bond acceptors (Lipinski definition) is 2. The number of carbonyl (C=O) groups is 1. The predicted molar refractivity (Wildman–Crippen MR) is 71.7 cm³/mol. The maximum atomic E-state index is 11.6. The first-order valence-corrected chi connectivity index (χ1v) is 5.78. The molecule has 1 N–H and O–H groups in total. The molecule has 0 radical (unpaired) electrons. The predicted octanol–water partition coefficient (Wildman–Crippen LogP) is 3.01. The first-order chi connectivity index (χ1) is 8.74. The van der Waals surface area contributed by atoms with Crippen molar-refractivity contribution in [2.24, 2.45) is 0 Å². The quantitative estimate of drug-likeness (QED) is 0.893. The molecule has 3 nitrogen and oxygen atoms in total. The third kappa shape index (κ3) is 3.63. The van der Waals surface area contributed by atoms with E-state index in [1.165, 1.54) is 0 Å². The van der Waals surface area contributed by atoms with Crippen LogP contribution in [0.1, 0.15) is 5.56 Å². The molecule has 0 heterocycles. The number of ether oxygens (including phenoxy) is 1. The summed E-state index contributed by atoms with van der Waals surface area (Å²) in [4.78, 5) is 11.6. The van der Waals surface area contributed by atoms with E-state index in [1.807, 2.05) is 61.5 Å². The highest BCUT2D eigenvalue weighted by molar-refractivity contribution is 5.91. The van der Waals surface area contributed by atoms with E-state index in [9.17, 15) is 4.79 Å². The van der Waals surface area contributed by atoms with E-state index in [0.29, 0.717) is 5.75 Å². The van der Waals surface area contributed by atoms with Crippen LogP contribution in [-0.2, 0) is 4.79 Å². The van der Waals surface area contributed by atoms with Crippen LogP contribution in [0.5, 0.6) is 5.75 Å². The minimum absolute atomic E-state index is 0.0119. The van der Waals surface area contributed by atoms with Gasteiger partial charge in [0, 0.05) is 5.69 Å². The van der Waals surface area contributed by atoms with Gasteiger partial charge >= 0.3 is 0 Å². The highest BCUT2D eigenvalue weighted by Crippen LogP contribution is 2.11. The smallest absolute Gasteiger partial charge is 0.262 e. The Morgan fingerprint density at radius 1 is 1.06 bits per heavy atom. The van der Waals surface area contributed by atoms with Gasteiger partial charge in [0.2, 0.25) is 0 Å². The molecular weight excluding hydrogens is 226 g/mol. The Bertz CT molecular complexity index is 506. The van der Waals surface area contributed by atoms with Crippen LogP contribution >= 0.6 is 0 Å². The summed E-state index contributed by atoms with van der Waals surface area (Å²) in [6.07, 6.45) is 0. The summed E-state index contributed by atoms with van der Waals surface area (Å²) in [5.41, 5.74) is 1.94. The van der Waals surface area contributed by atoms with Gasteiger partial charge in [0.15, 0.2) is 6.61 Å². The van der Waals surface area contributed by atoms with Gasteiger partial charge in [-0.1, -0.05) is 35.9 Å². The molecule has 0 unspecified atom stereocenters. The molecule has 2 aromatic carbocycles. The molecule has 0 aromatic heterocycles. The average molecular weight is 241 g/mol. The number of nitrogens with one attached hydrogen (secondary N) is 1. The summed E-state index contributed by atoms with van der Waals surface area (Å²) in [6.45, 7) is 2.02. The van der Waals surface area contributed by atoms with Crippen LogP contribution in [0, 0.1) is 6.92 Å². The number of carbonyl (C=O) groups excluding carboxylic acids is 1. The Hall–Kier alpha value is -2.29. The topological polar surface area (TPSA) is 38.3 Å². The fraction of sp³-hybridized carbons (Fsp3) is 0.133. The molecule has 3 heteroatoms. The van der Waals surface area contributed by atoms with E-state index in [1.54, 1.807) is 0 Å². The zero-order chi connectivity index (χ0) is 12.8. The van der Waals surface area contributed by atoms with Crippen molar-refractivity contribution < 1.29 is 9.53 Å². The van der Waals surface area contributed by atoms with Gasteiger partial charge in [-0.25, -0.2) is 0 Å².